The van der Waals surface area contributed by atoms with Gasteiger partial charge in [0.25, 0.3) is 0 Å². The lowest BCUT2D eigenvalue weighted by Crippen LogP contribution is -2.46. The zero-order valence-electron chi connectivity index (χ0n) is 14.5. The summed E-state index contributed by atoms with van der Waals surface area (Å²) in [5.41, 5.74) is 2.88. The van der Waals surface area contributed by atoms with E-state index in [9.17, 15) is 4.79 Å². The van der Waals surface area contributed by atoms with Crippen molar-refractivity contribution in [2.75, 3.05) is 37.7 Å². The number of piperazine rings is 1. The molecule has 0 amide bonds. The van der Waals surface area contributed by atoms with E-state index in [4.69, 9.17) is 4.74 Å². The third kappa shape index (κ3) is 4.38. The Hall–Kier alpha value is -2.82. The normalized spacial score (nSPS) is 14.3. The van der Waals surface area contributed by atoms with Crippen LogP contribution in [0.5, 0.6) is 5.75 Å². The number of hydrogen-bond donors (Lipinski definition) is 0. The maximum atomic E-state index is 11.3. The summed E-state index contributed by atoms with van der Waals surface area (Å²) in [5, 5.41) is 0. The van der Waals surface area contributed by atoms with Crippen molar-refractivity contribution in [2.24, 2.45) is 0 Å². The van der Waals surface area contributed by atoms with Gasteiger partial charge in [-0.2, -0.15) is 0 Å². The van der Waals surface area contributed by atoms with Crippen LogP contribution in [0.4, 0.5) is 5.69 Å². The number of carbonyl (C=O) groups is 1. The summed E-state index contributed by atoms with van der Waals surface area (Å²) < 4.78 is 5.79. The Kier molecular flexibility index (Phi) is 5.33. The van der Waals surface area contributed by atoms with Gasteiger partial charge in [-0.15, -0.1) is 0 Å². The van der Waals surface area contributed by atoms with E-state index in [0.717, 1.165) is 37.6 Å². The molecule has 1 aliphatic rings. The molecular formula is C20H23N3O2. The quantitative estimate of drug-likeness (QED) is 0.758. The molecule has 130 valence electrons. The van der Waals surface area contributed by atoms with Crippen LogP contribution < -0.4 is 9.64 Å². The molecule has 1 saturated heterocycles. The van der Waals surface area contributed by atoms with E-state index < -0.39 is 0 Å². The smallest absolute Gasteiger partial charge is 0.159 e. The minimum atomic E-state index is 0.0584. The van der Waals surface area contributed by atoms with Crippen LogP contribution in [0, 0.1) is 0 Å². The van der Waals surface area contributed by atoms with Crippen molar-refractivity contribution < 1.29 is 9.53 Å². The molecule has 0 spiro atoms. The van der Waals surface area contributed by atoms with Gasteiger partial charge in [0.05, 0.1) is 0 Å². The summed E-state index contributed by atoms with van der Waals surface area (Å²) in [5.74, 6) is 0.810. The van der Waals surface area contributed by atoms with Crippen LogP contribution in [0.25, 0.3) is 0 Å². The summed E-state index contributed by atoms with van der Waals surface area (Å²) in [7, 11) is 0. The van der Waals surface area contributed by atoms with Crippen molar-refractivity contribution in [1.29, 1.82) is 0 Å². The van der Waals surface area contributed by atoms with Gasteiger partial charge in [-0.25, -0.2) is 0 Å². The number of ketones is 1. The summed E-state index contributed by atoms with van der Waals surface area (Å²) in [6.07, 6.45) is 3.65. The molecule has 2 heterocycles. The van der Waals surface area contributed by atoms with E-state index in [0.29, 0.717) is 12.2 Å². The minimum absolute atomic E-state index is 0.0584. The molecule has 0 bridgehead atoms. The molecule has 5 nitrogen and oxygen atoms in total. The topological polar surface area (TPSA) is 45.7 Å². The fourth-order valence-corrected chi connectivity index (χ4v) is 2.88. The molecule has 1 aromatic heterocycles. The number of pyridine rings is 1. The fraction of sp³-hybridized carbons (Fsp3) is 0.300. The van der Waals surface area contributed by atoms with E-state index in [1.165, 1.54) is 5.69 Å². The van der Waals surface area contributed by atoms with Crippen LogP contribution in [-0.4, -0.2) is 48.5 Å². The third-order valence-corrected chi connectivity index (χ3v) is 4.42. The molecule has 0 aliphatic carbocycles. The van der Waals surface area contributed by atoms with Crippen molar-refractivity contribution >= 4 is 11.5 Å². The Bertz CT molecular complexity index is 720. The zero-order valence-corrected chi connectivity index (χ0v) is 14.5. The molecule has 0 saturated carbocycles. The lowest BCUT2D eigenvalue weighted by atomic mass is 10.1. The number of ether oxygens (including phenoxy) is 1. The third-order valence-electron chi connectivity index (χ3n) is 4.42. The predicted molar refractivity (Wildman–Crippen MR) is 99.1 cm³/mol. The van der Waals surface area contributed by atoms with Gasteiger partial charge in [-0.1, -0.05) is 6.58 Å². The number of rotatable bonds is 6. The van der Waals surface area contributed by atoms with Crippen molar-refractivity contribution in [3.8, 4) is 5.75 Å². The first kappa shape index (κ1) is 17.0. The Balaban J connectivity index is 1.47. The maximum absolute atomic E-state index is 11.3. The monoisotopic (exact) mass is 337 g/mol. The molecule has 5 heteroatoms. The molecule has 0 atom stereocenters. The van der Waals surface area contributed by atoms with Gasteiger partial charge in [0.2, 0.25) is 0 Å². The molecule has 0 unspecified atom stereocenters. The summed E-state index contributed by atoms with van der Waals surface area (Å²) in [6.45, 7) is 9.93. The molecule has 1 aromatic carbocycles. The highest BCUT2D eigenvalue weighted by Gasteiger charge is 2.18. The van der Waals surface area contributed by atoms with E-state index in [1.54, 1.807) is 19.1 Å². The van der Waals surface area contributed by atoms with Crippen LogP contribution in [0.15, 0.2) is 61.1 Å². The number of Topliss-reactive ketones (excluding diaryl/α,β-unsaturated/α-hetero) is 1. The van der Waals surface area contributed by atoms with Crippen LogP contribution in [0.1, 0.15) is 17.3 Å². The first-order chi connectivity index (χ1) is 12.1. The van der Waals surface area contributed by atoms with Crippen LogP contribution in [0.2, 0.25) is 0 Å². The summed E-state index contributed by atoms with van der Waals surface area (Å²) in [4.78, 5) is 20.0. The molecule has 0 N–H and O–H groups in total. The maximum Gasteiger partial charge on any atom is 0.159 e. The summed E-state index contributed by atoms with van der Waals surface area (Å²) >= 11 is 0. The molecule has 2 aromatic rings. The Morgan fingerprint density at radius 3 is 2.32 bits per heavy atom. The Labute approximate surface area is 148 Å². The number of carbonyl (C=O) groups excluding carboxylic acids is 1. The van der Waals surface area contributed by atoms with E-state index in [-0.39, 0.29) is 5.78 Å². The zero-order chi connectivity index (χ0) is 17.6. The van der Waals surface area contributed by atoms with Gasteiger partial charge < -0.3 is 14.5 Å². The highest BCUT2D eigenvalue weighted by atomic mass is 16.5. The SMILES string of the molecule is C=C(COc1ccc(C(C)=O)cc1)N1CCN(c2ccncc2)CC1. The second-order valence-corrected chi connectivity index (χ2v) is 6.11. The number of aromatic nitrogens is 1. The first-order valence-electron chi connectivity index (χ1n) is 8.45. The minimum Gasteiger partial charge on any atom is -0.487 e. The average molecular weight is 337 g/mol. The predicted octanol–water partition coefficient (Wildman–Crippen LogP) is 3.00. The standard InChI is InChI=1S/C20H23N3O2/c1-16(15-25-20-5-3-18(4-6-20)17(2)24)22-11-13-23(14-12-22)19-7-9-21-10-8-19/h3-10H,1,11-15H2,2H3. The highest BCUT2D eigenvalue weighted by Crippen LogP contribution is 2.18. The average Bonchev–Trinajstić information content (AvgIpc) is 2.67. The van der Waals surface area contributed by atoms with Crippen LogP contribution in [0.3, 0.4) is 0 Å². The van der Waals surface area contributed by atoms with E-state index in [2.05, 4.69) is 21.4 Å². The number of benzene rings is 1. The highest BCUT2D eigenvalue weighted by molar-refractivity contribution is 5.94. The molecular weight excluding hydrogens is 314 g/mol. The van der Waals surface area contributed by atoms with E-state index >= 15 is 0 Å². The molecule has 25 heavy (non-hydrogen) atoms. The van der Waals surface area contributed by atoms with Gasteiger partial charge in [0.1, 0.15) is 12.4 Å². The fourth-order valence-electron chi connectivity index (χ4n) is 2.88. The van der Waals surface area contributed by atoms with Crippen molar-refractivity contribution in [3.05, 3.63) is 66.6 Å². The summed E-state index contributed by atoms with van der Waals surface area (Å²) in [6, 6.07) is 11.3. The van der Waals surface area contributed by atoms with Crippen molar-refractivity contribution in [2.45, 2.75) is 6.92 Å². The largest absolute Gasteiger partial charge is 0.487 e. The van der Waals surface area contributed by atoms with Gasteiger partial charge in [-0.05, 0) is 43.3 Å². The Morgan fingerprint density at radius 2 is 1.72 bits per heavy atom. The van der Waals surface area contributed by atoms with Crippen molar-refractivity contribution in [1.82, 2.24) is 9.88 Å². The molecule has 1 aliphatic heterocycles. The van der Waals surface area contributed by atoms with Gasteiger partial charge in [-0.3, -0.25) is 9.78 Å². The van der Waals surface area contributed by atoms with Gasteiger partial charge in [0, 0.05) is 55.5 Å². The lowest BCUT2D eigenvalue weighted by molar-refractivity contribution is 0.101. The molecule has 1 fully saturated rings. The second kappa shape index (κ2) is 7.83. The first-order valence-corrected chi connectivity index (χ1v) is 8.45. The van der Waals surface area contributed by atoms with Crippen LogP contribution >= 0.6 is 0 Å². The number of nitrogens with zero attached hydrogens (tertiary/aromatic N) is 3. The van der Waals surface area contributed by atoms with Crippen molar-refractivity contribution in [3.63, 3.8) is 0 Å². The molecule has 3 rings (SSSR count). The lowest BCUT2D eigenvalue weighted by Gasteiger charge is -2.38. The van der Waals surface area contributed by atoms with Gasteiger partial charge >= 0.3 is 0 Å². The van der Waals surface area contributed by atoms with Gasteiger partial charge in [0.15, 0.2) is 5.78 Å². The number of anilines is 1. The molecule has 0 radical (unpaired) electrons. The second-order valence-electron chi connectivity index (χ2n) is 6.11. The van der Waals surface area contributed by atoms with Crippen LogP contribution in [-0.2, 0) is 0 Å². The van der Waals surface area contributed by atoms with E-state index in [1.807, 2.05) is 36.7 Å². The Morgan fingerprint density at radius 1 is 1.08 bits per heavy atom. The number of hydrogen-bond acceptors (Lipinski definition) is 5.